The molecule has 1 amide bonds. The van der Waals surface area contributed by atoms with Gasteiger partial charge in [0.2, 0.25) is 0 Å². The average Bonchev–Trinajstić information content (AvgIpc) is 2.77. The maximum absolute atomic E-state index is 12.9. The highest BCUT2D eigenvalue weighted by molar-refractivity contribution is 5.95. The summed E-state index contributed by atoms with van der Waals surface area (Å²) in [4.78, 5) is 16.5. The van der Waals surface area contributed by atoms with Crippen molar-refractivity contribution in [1.82, 2.24) is 10.3 Å². The molecule has 0 atom stereocenters. The maximum atomic E-state index is 12.9. The van der Waals surface area contributed by atoms with Crippen LogP contribution in [-0.2, 0) is 12.6 Å². The molecule has 0 aliphatic rings. The fourth-order valence-electron chi connectivity index (χ4n) is 3.05. The van der Waals surface area contributed by atoms with Crippen LogP contribution in [0.5, 0.6) is 0 Å². The Kier molecular flexibility index (Phi) is 7.45. The number of pyridine rings is 1. The van der Waals surface area contributed by atoms with Gasteiger partial charge in [-0.15, -0.1) is 0 Å². The van der Waals surface area contributed by atoms with Crippen LogP contribution in [0.25, 0.3) is 0 Å². The lowest BCUT2D eigenvalue weighted by Crippen LogP contribution is -2.40. The van der Waals surface area contributed by atoms with Crippen LogP contribution in [0.4, 0.5) is 24.7 Å². The number of aromatic nitrogens is 1. The van der Waals surface area contributed by atoms with Crippen LogP contribution >= 0.6 is 0 Å². The van der Waals surface area contributed by atoms with E-state index in [1.165, 1.54) is 6.07 Å². The number of hydrogen-bond donors (Lipinski definition) is 4. The Morgan fingerprint density at radius 3 is 2.41 bits per heavy atom. The summed E-state index contributed by atoms with van der Waals surface area (Å²) < 4.78 is 38.8. The third-order valence-electron chi connectivity index (χ3n) is 4.66. The number of anilines is 2. The van der Waals surface area contributed by atoms with Gasteiger partial charge in [0.15, 0.2) is 0 Å². The van der Waals surface area contributed by atoms with Gasteiger partial charge in [0.05, 0.1) is 24.8 Å². The quantitative estimate of drug-likeness (QED) is 0.426. The van der Waals surface area contributed by atoms with Crippen LogP contribution in [0.15, 0.2) is 66.9 Å². The lowest BCUT2D eigenvalue weighted by molar-refractivity contribution is -0.137. The van der Waals surface area contributed by atoms with Crippen molar-refractivity contribution in [3.8, 4) is 0 Å². The third kappa shape index (κ3) is 6.29. The van der Waals surface area contributed by atoms with Crippen molar-refractivity contribution in [1.29, 1.82) is 0 Å². The monoisotopic (exact) mass is 445 g/mol. The second-order valence-corrected chi connectivity index (χ2v) is 7.17. The number of hydrogen-bond acceptors (Lipinski definition) is 5. The molecule has 2 aromatic carbocycles. The van der Waals surface area contributed by atoms with Crippen LogP contribution in [0.3, 0.4) is 0 Å². The third-order valence-corrected chi connectivity index (χ3v) is 4.66. The smallest absolute Gasteiger partial charge is 0.394 e. The van der Waals surface area contributed by atoms with Crippen molar-refractivity contribution in [2.75, 3.05) is 18.5 Å². The minimum atomic E-state index is -4.40. The van der Waals surface area contributed by atoms with E-state index in [1.54, 1.807) is 48.7 Å². The van der Waals surface area contributed by atoms with E-state index in [4.69, 9.17) is 10.2 Å². The van der Waals surface area contributed by atoms with Crippen molar-refractivity contribution < 1.29 is 28.2 Å². The van der Waals surface area contributed by atoms with E-state index in [2.05, 4.69) is 15.6 Å². The first-order valence-electron chi connectivity index (χ1n) is 9.79. The van der Waals surface area contributed by atoms with E-state index in [0.717, 1.165) is 17.7 Å². The van der Waals surface area contributed by atoms with Crippen LogP contribution in [-0.4, -0.2) is 40.4 Å². The molecule has 0 aliphatic carbocycles. The van der Waals surface area contributed by atoms with Gasteiger partial charge in [-0.25, -0.2) is 4.98 Å². The van der Waals surface area contributed by atoms with Gasteiger partial charge in [-0.2, -0.15) is 13.2 Å². The van der Waals surface area contributed by atoms with Gasteiger partial charge in [-0.3, -0.25) is 4.79 Å². The zero-order valence-electron chi connectivity index (χ0n) is 16.9. The number of nitrogens with zero attached hydrogens (tertiary/aromatic N) is 1. The van der Waals surface area contributed by atoms with E-state index < -0.39 is 23.7 Å². The molecule has 168 valence electrons. The number of amides is 1. The molecule has 3 rings (SSSR count). The molecule has 0 fully saturated rings. The summed E-state index contributed by atoms with van der Waals surface area (Å²) in [5.41, 5.74) is 1.50. The molecular formula is C23H22F3N3O3. The van der Waals surface area contributed by atoms with Crippen LogP contribution < -0.4 is 10.6 Å². The Bertz CT molecular complexity index is 1070. The van der Waals surface area contributed by atoms with Crippen molar-refractivity contribution in [3.63, 3.8) is 0 Å². The molecule has 0 radical (unpaired) electrons. The zero-order valence-corrected chi connectivity index (χ0v) is 16.9. The topological polar surface area (TPSA) is 94.5 Å². The van der Waals surface area contributed by atoms with Gasteiger partial charge in [-0.1, -0.05) is 24.3 Å². The second-order valence-electron chi connectivity index (χ2n) is 7.17. The Morgan fingerprint density at radius 2 is 1.69 bits per heavy atom. The number of halogens is 3. The fraction of sp³-hybridized carbons (Fsp3) is 0.217. The normalized spacial score (nSPS) is 11.4. The minimum Gasteiger partial charge on any atom is -0.394 e. The number of carbonyl (C=O) groups excluding carboxylic acids is 1. The van der Waals surface area contributed by atoms with Crippen molar-refractivity contribution >= 4 is 17.4 Å². The van der Waals surface area contributed by atoms with E-state index in [1.807, 2.05) is 0 Å². The van der Waals surface area contributed by atoms with Crippen molar-refractivity contribution in [2.45, 2.75) is 18.6 Å². The number of benzene rings is 2. The molecule has 0 spiro atoms. The molecule has 9 heteroatoms. The molecule has 32 heavy (non-hydrogen) atoms. The molecule has 1 aromatic heterocycles. The number of carbonyl (C=O) groups is 1. The molecule has 0 saturated carbocycles. The van der Waals surface area contributed by atoms with Crippen molar-refractivity contribution in [2.24, 2.45) is 0 Å². The predicted octanol–water partition coefficient (Wildman–Crippen LogP) is 3.52. The summed E-state index contributed by atoms with van der Waals surface area (Å²) in [7, 11) is 0. The number of nitrogens with one attached hydrogen (secondary N) is 2. The summed E-state index contributed by atoms with van der Waals surface area (Å²) in [5.74, 6) is 0.0173. The molecule has 1 heterocycles. The van der Waals surface area contributed by atoms with Gasteiger partial charge in [0, 0.05) is 17.4 Å². The lowest BCUT2D eigenvalue weighted by atomic mass is 10.0. The van der Waals surface area contributed by atoms with Crippen molar-refractivity contribution in [3.05, 3.63) is 89.1 Å². The predicted molar refractivity (Wildman–Crippen MR) is 114 cm³/mol. The van der Waals surface area contributed by atoms with Crippen LogP contribution in [0.2, 0.25) is 0 Å². The summed E-state index contributed by atoms with van der Waals surface area (Å²) in [6.45, 7) is -0.772. The van der Waals surface area contributed by atoms with Gasteiger partial charge >= 0.3 is 6.18 Å². The van der Waals surface area contributed by atoms with Crippen LogP contribution in [0.1, 0.15) is 27.0 Å². The summed E-state index contributed by atoms with van der Waals surface area (Å²) >= 11 is 0. The highest BCUT2D eigenvalue weighted by Gasteiger charge is 2.30. The van der Waals surface area contributed by atoms with E-state index in [0.29, 0.717) is 29.1 Å². The lowest BCUT2D eigenvalue weighted by Gasteiger charge is -2.14. The molecular weight excluding hydrogens is 423 g/mol. The molecule has 6 nitrogen and oxygen atoms in total. The number of aliphatic hydroxyl groups is 2. The molecule has 4 N–H and O–H groups in total. The van der Waals surface area contributed by atoms with E-state index in [-0.39, 0.29) is 13.2 Å². The molecule has 3 aromatic rings. The molecule has 0 unspecified atom stereocenters. The highest BCUT2D eigenvalue weighted by atomic mass is 19.4. The average molecular weight is 445 g/mol. The van der Waals surface area contributed by atoms with Gasteiger partial charge in [0.1, 0.15) is 5.82 Å². The minimum absolute atomic E-state index is 0.299. The van der Waals surface area contributed by atoms with Crippen LogP contribution in [0, 0.1) is 0 Å². The van der Waals surface area contributed by atoms with E-state index in [9.17, 15) is 18.0 Å². The van der Waals surface area contributed by atoms with Gasteiger partial charge in [-0.05, 0) is 53.9 Å². The highest BCUT2D eigenvalue weighted by Crippen LogP contribution is 2.30. The first-order chi connectivity index (χ1) is 15.3. The standard InChI is InChI=1S/C23H22F3N3O3/c24-23(25,26)18-5-1-3-15(10-18)9-16-7-8-27-21(11-16)28-19-6-2-4-17(12-19)22(32)29-20(13-30)14-31/h1-8,10-12,20,30-31H,9,13-14H2,(H,27,28)(H,29,32). The first-order valence-corrected chi connectivity index (χ1v) is 9.79. The fourth-order valence-corrected chi connectivity index (χ4v) is 3.05. The Morgan fingerprint density at radius 1 is 0.969 bits per heavy atom. The Hall–Kier alpha value is -3.43. The SMILES string of the molecule is O=C(NC(CO)CO)c1cccc(Nc2cc(Cc3cccc(C(F)(F)F)c3)ccn2)c1. The Labute approximate surface area is 182 Å². The zero-order chi connectivity index (χ0) is 23.1. The molecule has 0 aliphatic heterocycles. The summed E-state index contributed by atoms with van der Waals surface area (Å²) in [5, 5.41) is 23.8. The van der Waals surface area contributed by atoms with Gasteiger partial charge in [0.25, 0.3) is 5.91 Å². The second kappa shape index (κ2) is 10.3. The Balaban J connectivity index is 1.72. The van der Waals surface area contributed by atoms with Gasteiger partial charge < -0.3 is 20.8 Å². The number of aliphatic hydroxyl groups excluding tert-OH is 2. The summed E-state index contributed by atoms with van der Waals surface area (Å²) in [6.07, 6.45) is -2.55. The van der Waals surface area contributed by atoms with E-state index >= 15 is 0 Å². The summed E-state index contributed by atoms with van der Waals surface area (Å²) in [6, 6.07) is 14.4. The largest absolute Gasteiger partial charge is 0.416 e. The molecule has 0 bridgehead atoms. The number of alkyl halides is 3. The molecule has 0 saturated heterocycles. The first kappa shape index (κ1) is 23.2. The maximum Gasteiger partial charge on any atom is 0.416 e. The number of rotatable bonds is 8.